The van der Waals surface area contributed by atoms with Gasteiger partial charge in [-0.1, -0.05) is 31.2 Å². The third kappa shape index (κ3) is 7.27. The van der Waals surface area contributed by atoms with Crippen molar-refractivity contribution in [2.75, 3.05) is 25.2 Å². The van der Waals surface area contributed by atoms with Gasteiger partial charge in [0.05, 0.1) is 18.6 Å². The van der Waals surface area contributed by atoms with Gasteiger partial charge < -0.3 is 23.9 Å². The lowest BCUT2D eigenvalue weighted by atomic mass is 10.2. The molecule has 1 atom stereocenters. The predicted molar refractivity (Wildman–Crippen MR) is 145 cm³/mol. The van der Waals surface area contributed by atoms with Gasteiger partial charge >= 0.3 is 5.97 Å². The molecule has 0 radical (unpaired) electrons. The number of ether oxygens (including phenoxy) is 2. The summed E-state index contributed by atoms with van der Waals surface area (Å²) < 4.78 is 45.6. The average molecular weight is 555 g/mol. The monoisotopic (exact) mass is 554 g/mol. The van der Waals surface area contributed by atoms with Crippen LogP contribution in [0.4, 0.5) is 6.01 Å². The van der Waals surface area contributed by atoms with Crippen LogP contribution in [0.25, 0.3) is 11.1 Å². The van der Waals surface area contributed by atoms with Crippen molar-refractivity contribution in [3.63, 3.8) is 0 Å². The van der Waals surface area contributed by atoms with Crippen molar-refractivity contribution in [3.05, 3.63) is 78.4 Å². The highest BCUT2D eigenvalue weighted by molar-refractivity contribution is 7.86. The Kier molecular flexibility index (Phi) is 9.05. The number of nitrogens with zero attached hydrogens (tertiary/aromatic N) is 2. The summed E-state index contributed by atoms with van der Waals surface area (Å²) in [5.74, 6) is -0.000256. The smallest absolute Gasteiger partial charge is 0.344 e. The minimum Gasteiger partial charge on any atom is -0.494 e. The number of hydrogen-bond donors (Lipinski definition) is 1. The Morgan fingerprint density at radius 1 is 1.05 bits per heavy atom. The molecule has 11 heteroatoms. The second-order valence-corrected chi connectivity index (χ2v) is 10.4. The van der Waals surface area contributed by atoms with Gasteiger partial charge in [0.1, 0.15) is 17.0 Å². The normalized spacial score (nSPS) is 12.3. The van der Waals surface area contributed by atoms with Gasteiger partial charge in [-0.25, -0.2) is 4.79 Å². The van der Waals surface area contributed by atoms with Gasteiger partial charge in [-0.2, -0.15) is 13.4 Å². The largest absolute Gasteiger partial charge is 0.494 e. The number of anilines is 1. The summed E-state index contributed by atoms with van der Waals surface area (Å²) in [4.78, 5) is 18.1. The van der Waals surface area contributed by atoms with E-state index in [0.29, 0.717) is 55.6 Å². The van der Waals surface area contributed by atoms with Crippen LogP contribution in [0.1, 0.15) is 25.3 Å². The minimum absolute atomic E-state index is 0.0549. The number of carbonyl (C=O) groups is 1. The molecule has 0 aliphatic heterocycles. The third-order valence-electron chi connectivity index (χ3n) is 5.92. The molecule has 0 aliphatic rings. The van der Waals surface area contributed by atoms with Crippen LogP contribution < -0.4 is 14.4 Å². The molecule has 0 fully saturated rings. The fraction of sp³-hybridized carbons (Fsp3) is 0.286. The summed E-state index contributed by atoms with van der Waals surface area (Å²) in [6, 6.07) is 21.3. The number of carboxylic acid groups (broad SMARTS) is 1. The second kappa shape index (κ2) is 12.6. The number of benzene rings is 3. The Morgan fingerprint density at radius 2 is 1.82 bits per heavy atom. The quantitative estimate of drug-likeness (QED) is 0.170. The molecular formula is C28H30N2O8S. The molecule has 0 bridgehead atoms. The molecule has 39 heavy (non-hydrogen) atoms. The second-order valence-electron chi connectivity index (χ2n) is 8.68. The first-order valence-electron chi connectivity index (χ1n) is 12.4. The first-order valence-corrected chi connectivity index (χ1v) is 13.8. The summed E-state index contributed by atoms with van der Waals surface area (Å²) >= 11 is 0. The number of carboxylic acids is 1. The predicted octanol–water partition coefficient (Wildman–Crippen LogP) is 4.88. The Labute approximate surface area is 226 Å². The Balaban J connectivity index is 1.45. The van der Waals surface area contributed by atoms with Gasteiger partial charge in [-0.05, 0) is 66.9 Å². The molecule has 1 unspecified atom stereocenters. The molecule has 4 rings (SSSR count). The van der Waals surface area contributed by atoms with Crippen LogP contribution in [-0.4, -0.2) is 50.8 Å². The number of rotatable bonds is 14. The Morgan fingerprint density at radius 3 is 2.51 bits per heavy atom. The highest BCUT2D eigenvalue weighted by atomic mass is 32.2. The molecule has 4 aromatic rings. The zero-order chi connectivity index (χ0) is 27.8. The molecule has 0 saturated heterocycles. The van der Waals surface area contributed by atoms with Crippen molar-refractivity contribution in [3.8, 4) is 11.5 Å². The van der Waals surface area contributed by atoms with Crippen LogP contribution in [0.3, 0.4) is 0 Å². The van der Waals surface area contributed by atoms with Gasteiger partial charge in [0.2, 0.25) is 0 Å². The molecule has 10 nitrogen and oxygen atoms in total. The van der Waals surface area contributed by atoms with E-state index in [1.54, 1.807) is 25.1 Å². The molecule has 0 saturated carbocycles. The standard InChI is InChI=1S/C28H30N2O8S/c1-3-25(27(31)32)37-22-9-6-8-20(18-22)19-30(28-29-24-10-4-5-11-26(24)38-28)16-7-17-36-21-12-14-23(15-13-21)39(33,34)35-2/h4-6,8-15,18,25H,3,7,16-17,19H2,1-2H3,(H,31,32). The van der Waals surface area contributed by atoms with E-state index in [4.69, 9.17) is 13.9 Å². The van der Waals surface area contributed by atoms with Crippen LogP contribution >= 0.6 is 0 Å². The summed E-state index contributed by atoms with van der Waals surface area (Å²) in [5.41, 5.74) is 2.30. The van der Waals surface area contributed by atoms with Gasteiger partial charge in [0.15, 0.2) is 11.7 Å². The number of aliphatic carboxylic acids is 1. The van der Waals surface area contributed by atoms with Crippen LogP contribution in [0.5, 0.6) is 11.5 Å². The Bertz CT molecular complexity index is 1470. The maximum Gasteiger partial charge on any atom is 0.344 e. The van der Waals surface area contributed by atoms with Crippen molar-refractivity contribution in [1.29, 1.82) is 0 Å². The van der Waals surface area contributed by atoms with Crippen molar-refractivity contribution in [2.24, 2.45) is 0 Å². The molecule has 0 spiro atoms. The van der Waals surface area contributed by atoms with Gasteiger partial charge in [0, 0.05) is 13.1 Å². The first-order chi connectivity index (χ1) is 18.8. The van der Waals surface area contributed by atoms with Crippen LogP contribution in [0, 0.1) is 0 Å². The summed E-state index contributed by atoms with van der Waals surface area (Å²) in [6.07, 6.45) is 0.0398. The van der Waals surface area contributed by atoms with E-state index in [2.05, 4.69) is 9.17 Å². The summed E-state index contributed by atoms with van der Waals surface area (Å²) in [7, 11) is -2.64. The van der Waals surface area contributed by atoms with Crippen molar-refractivity contribution in [2.45, 2.75) is 37.3 Å². The average Bonchev–Trinajstić information content (AvgIpc) is 3.38. The zero-order valence-corrected chi connectivity index (χ0v) is 22.5. The van der Waals surface area contributed by atoms with Crippen molar-refractivity contribution in [1.82, 2.24) is 4.98 Å². The summed E-state index contributed by atoms with van der Waals surface area (Å²) in [6.45, 7) is 3.11. The van der Waals surface area contributed by atoms with E-state index in [-0.39, 0.29) is 4.90 Å². The molecule has 1 heterocycles. The zero-order valence-electron chi connectivity index (χ0n) is 21.6. The van der Waals surface area contributed by atoms with E-state index in [0.717, 1.165) is 18.2 Å². The highest BCUT2D eigenvalue weighted by Crippen LogP contribution is 2.25. The molecule has 206 valence electrons. The van der Waals surface area contributed by atoms with Gasteiger partial charge in [0.25, 0.3) is 16.1 Å². The molecule has 1 aromatic heterocycles. The van der Waals surface area contributed by atoms with E-state index in [9.17, 15) is 18.3 Å². The van der Waals surface area contributed by atoms with E-state index in [1.807, 2.05) is 47.4 Å². The van der Waals surface area contributed by atoms with E-state index in [1.165, 1.54) is 12.1 Å². The van der Waals surface area contributed by atoms with Crippen LogP contribution in [0.15, 0.2) is 82.1 Å². The van der Waals surface area contributed by atoms with E-state index < -0.39 is 22.2 Å². The topological polar surface area (TPSA) is 128 Å². The van der Waals surface area contributed by atoms with Crippen molar-refractivity contribution >= 4 is 33.2 Å². The van der Waals surface area contributed by atoms with Crippen LogP contribution in [0.2, 0.25) is 0 Å². The third-order valence-corrected chi connectivity index (χ3v) is 7.21. The number of oxazole rings is 1. The van der Waals surface area contributed by atoms with Crippen LogP contribution in [-0.2, 0) is 25.6 Å². The lowest BCUT2D eigenvalue weighted by molar-refractivity contribution is -0.145. The maximum absolute atomic E-state index is 11.8. The molecular weight excluding hydrogens is 524 g/mol. The Hall–Kier alpha value is -4.09. The summed E-state index contributed by atoms with van der Waals surface area (Å²) in [5, 5.41) is 9.33. The van der Waals surface area contributed by atoms with Crippen molar-refractivity contribution < 1.29 is 36.4 Å². The SMILES string of the molecule is CCC(Oc1cccc(CN(CCCOc2ccc(S(=O)(=O)OC)cc2)c2nc3ccccc3o2)c1)C(=O)O. The molecule has 0 amide bonds. The number of fused-ring (bicyclic) bond motifs is 1. The number of hydrogen-bond acceptors (Lipinski definition) is 9. The molecule has 3 aromatic carbocycles. The lowest BCUT2D eigenvalue weighted by Crippen LogP contribution is -2.27. The van der Waals surface area contributed by atoms with Gasteiger partial charge in [-0.3, -0.25) is 4.18 Å². The highest BCUT2D eigenvalue weighted by Gasteiger charge is 2.19. The fourth-order valence-corrected chi connectivity index (χ4v) is 4.55. The minimum atomic E-state index is -3.76. The molecule has 0 aliphatic carbocycles. The van der Waals surface area contributed by atoms with E-state index >= 15 is 0 Å². The van der Waals surface area contributed by atoms with Gasteiger partial charge in [-0.15, -0.1) is 0 Å². The fourth-order valence-electron chi connectivity index (χ4n) is 3.89. The first kappa shape index (κ1) is 27.9. The maximum atomic E-state index is 11.8. The lowest BCUT2D eigenvalue weighted by Gasteiger charge is -2.21. The number of aromatic nitrogens is 1. The number of para-hydroxylation sites is 2. The molecule has 1 N–H and O–H groups in total.